The first kappa shape index (κ1) is 17.9. The maximum Gasteiger partial charge on any atom is 0.295 e. The van der Waals surface area contributed by atoms with Crippen LogP contribution in [-0.4, -0.2) is 20.7 Å². The SMILES string of the molecule is Cc1cccc(-c2nc(C(=O)Nc3ccccc3Cl)nn2-c2ccccc2)c1. The Morgan fingerprint density at radius 3 is 2.46 bits per heavy atom. The number of halogens is 1. The lowest BCUT2D eigenvalue weighted by atomic mass is 10.1. The first-order chi connectivity index (χ1) is 13.6. The molecule has 4 aromatic rings. The second-order valence-electron chi connectivity index (χ2n) is 6.31. The fraction of sp³-hybridized carbons (Fsp3) is 0.0455. The molecule has 3 aromatic carbocycles. The zero-order chi connectivity index (χ0) is 19.5. The quantitative estimate of drug-likeness (QED) is 0.526. The standard InChI is InChI=1S/C22H17ClN4O/c1-15-8-7-9-16(14-15)21-25-20(26-27(21)17-10-3-2-4-11-17)22(28)24-19-13-6-5-12-18(19)23/h2-14H,1H3,(H,24,28). The van der Waals surface area contributed by atoms with Crippen molar-refractivity contribution in [2.75, 3.05) is 5.32 Å². The van der Waals surface area contributed by atoms with E-state index in [0.717, 1.165) is 16.8 Å². The molecule has 0 bridgehead atoms. The van der Waals surface area contributed by atoms with Crippen LogP contribution in [0.15, 0.2) is 78.9 Å². The highest BCUT2D eigenvalue weighted by Gasteiger charge is 2.19. The summed E-state index contributed by atoms with van der Waals surface area (Å²) >= 11 is 6.14. The van der Waals surface area contributed by atoms with Gasteiger partial charge in [-0.05, 0) is 37.3 Å². The predicted molar refractivity (Wildman–Crippen MR) is 111 cm³/mol. The smallest absolute Gasteiger partial charge is 0.295 e. The van der Waals surface area contributed by atoms with Crippen molar-refractivity contribution in [1.82, 2.24) is 14.8 Å². The predicted octanol–water partition coefficient (Wildman–Crippen LogP) is 5.15. The van der Waals surface area contributed by atoms with Crippen molar-refractivity contribution in [2.45, 2.75) is 6.92 Å². The summed E-state index contributed by atoms with van der Waals surface area (Å²) in [6, 6.07) is 24.6. The maximum absolute atomic E-state index is 12.8. The average Bonchev–Trinajstić information content (AvgIpc) is 3.16. The Morgan fingerprint density at radius 1 is 0.964 bits per heavy atom. The maximum atomic E-state index is 12.8. The van der Waals surface area contributed by atoms with Crippen LogP contribution in [0.2, 0.25) is 5.02 Å². The van der Waals surface area contributed by atoms with E-state index < -0.39 is 5.91 Å². The Kier molecular flexibility index (Phi) is 4.91. The van der Waals surface area contributed by atoms with Gasteiger partial charge in [0, 0.05) is 5.56 Å². The third-order valence-electron chi connectivity index (χ3n) is 4.21. The molecular formula is C22H17ClN4O. The van der Waals surface area contributed by atoms with Crippen molar-refractivity contribution in [2.24, 2.45) is 0 Å². The summed E-state index contributed by atoms with van der Waals surface area (Å²) in [6.45, 7) is 2.01. The van der Waals surface area contributed by atoms with Crippen LogP contribution in [-0.2, 0) is 0 Å². The number of carbonyl (C=O) groups excluding carboxylic acids is 1. The highest BCUT2D eigenvalue weighted by Crippen LogP contribution is 2.24. The minimum absolute atomic E-state index is 0.0697. The molecule has 0 saturated carbocycles. The summed E-state index contributed by atoms with van der Waals surface area (Å²) in [5, 5.41) is 7.69. The number of aryl methyl sites for hydroxylation is 1. The van der Waals surface area contributed by atoms with Gasteiger partial charge in [0.1, 0.15) is 0 Å². The number of nitrogens with one attached hydrogen (secondary N) is 1. The second kappa shape index (κ2) is 7.66. The highest BCUT2D eigenvalue weighted by atomic mass is 35.5. The molecule has 4 rings (SSSR count). The molecular weight excluding hydrogens is 372 g/mol. The van der Waals surface area contributed by atoms with Crippen LogP contribution < -0.4 is 5.32 Å². The van der Waals surface area contributed by atoms with E-state index in [1.165, 1.54) is 0 Å². The monoisotopic (exact) mass is 388 g/mol. The molecule has 0 fully saturated rings. The lowest BCUT2D eigenvalue weighted by Crippen LogP contribution is -2.14. The zero-order valence-electron chi connectivity index (χ0n) is 15.1. The van der Waals surface area contributed by atoms with Gasteiger partial charge in [-0.1, -0.05) is 65.7 Å². The Balaban J connectivity index is 1.77. The van der Waals surface area contributed by atoms with E-state index in [9.17, 15) is 4.79 Å². The second-order valence-corrected chi connectivity index (χ2v) is 6.72. The number of hydrogen-bond donors (Lipinski definition) is 1. The fourth-order valence-corrected chi connectivity index (χ4v) is 3.05. The van der Waals surface area contributed by atoms with Gasteiger partial charge in [0.25, 0.3) is 5.91 Å². The van der Waals surface area contributed by atoms with Gasteiger partial charge in [-0.3, -0.25) is 4.79 Å². The van der Waals surface area contributed by atoms with Crippen LogP contribution in [0, 0.1) is 6.92 Å². The average molecular weight is 389 g/mol. The highest BCUT2D eigenvalue weighted by molar-refractivity contribution is 6.33. The van der Waals surface area contributed by atoms with Gasteiger partial charge >= 0.3 is 0 Å². The molecule has 0 spiro atoms. The summed E-state index contributed by atoms with van der Waals surface area (Å²) in [4.78, 5) is 17.3. The third kappa shape index (κ3) is 3.66. The molecule has 0 aliphatic heterocycles. The number of anilines is 1. The van der Waals surface area contributed by atoms with Gasteiger partial charge in [-0.25, -0.2) is 9.67 Å². The molecule has 28 heavy (non-hydrogen) atoms. The lowest BCUT2D eigenvalue weighted by Gasteiger charge is -2.06. The summed E-state index contributed by atoms with van der Waals surface area (Å²) in [5.41, 5.74) is 3.32. The van der Waals surface area contributed by atoms with Gasteiger partial charge in [0.15, 0.2) is 5.82 Å². The Hall–Kier alpha value is -3.44. The van der Waals surface area contributed by atoms with E-state index >= 15 is 0 Å². The van der Waals surface area contributed by atoms with Crippen molar-refractivity contribution in [3.05, 3.63) is 95.3 Å². The van der Waals surface area contributed by atoms with Crippen LogP contribution >= 0.6 is 11.6 Å². The number of amides is 1. The molecule has 1 amide bonds. The molecule has 0 aliphatic rings. The van der Waals surface area contributed by atoms with Crippen molar-refractivity contribution in [1.29, 1.82) is 0 Å². The van der Waals surface area contributed by atoms with Gasteiger partial charge in [-0.2, -0.15) is 0 Å². The number of nitrogens with zero attached hydrogens (tertiary/aromatic N) is 3. The van der Waals surface area contributed by atoms with Crippen LogP contribution in [0.4, 0.5) is 5.69 Å². The molecule has 0 saturated heterocycles. The number of carbonyl (C=O) groups is 1. The largest absolute Gasteiger partial charge is 0.318 e. The van der Waals surface area contributed by atoms with E-state index in [1.807, 2.05) is 61.5 Å². The minimum Gasteiger partial charge on any atom is -0.318 e. The Morgan fingerprint density at radius 2 is 1.71 bits per heavy atom. The fourth-order valence-electron chi connectivity index (χ4n) is 2.87. The van der Waals surface area contributed by atoms with Crippen molar-refractivity contribution < 1.29 is 4.79 Å². The number of rotatable bonds is 4. The van der Waals surface area contributed by atoms with E-state index in [0.29, 0.717) is 16.5 Å². The van der Waals surface area contributed by atoms with E-state index in [2.05, 4.69) is 15.4 Å². The normalized spacial score (nSPS) is 10.6. The van der Waals surface area contributed by atoms with Crippen LogP contribution in [0.1, 0.15) is 16.2 Å². The number of para-hydroxylation sites is 2. The zero-order valence-corrected chi connectivity index (χ0v) is 15.9. The molecule has 0 atom stereocenters. The molecule has 1 aromatic heterocycles. The van der Waals surface area contributed by atoms with E-state index in [-0.39, 0.29) is 5.82 Å². The van der Waals surface area contributed by atoms with Gasteiger partial charge < -0.3 is 5.32 Å². The summed E-state index contributed by atoms with van der Waals surface area (Å²) in [7, 11) is 0. The Bertz CT molecular complexity index is 1140. The first-order valence-electron chi connectivity index (χ1n) is 8.77. The lowest BCUT2D eigenvalue weighted by molar-refractivity contribution is 0.101. The van der Waals surface area contributed by atoms with Gasteiger partial charge in [-0.15, -0.1) is 5.10 Å². The van der Waals surface area contributed by atoms with Crippen molar-refractivity contribution in [3.63, 3.8) is 0 Å². The molecule has 6 heteroatoms. The molecule has 0 unspecified atom stereocenters. The number of aromatic nitrogens is 3. The van der Waals surface area contributed by atoms with Gasteiger partial charge in [0.2, 0.25) is 5.82 Å². The summed E-state index contributed by atoms with van der Waals surface area (Å²) in [5.74, 6) is 0.246. The van der Waals surface area contributed by atoms with E-state index in [4.69, 9.17) is 11.6 Å². The molecule has 0 aliphatic carbocycles. The van der Waals surface area contributed by atoms with Gasteiger partial charge in [0.05, 0.1) is 16.4 Å². The topological polar surface area (TPSA) is 59.8 Å². The van der Waals surface area contributed by atoms with E-state index in [1.54, 1.807) is 28.9 Å². The molecule has 1 heterocycles. The molecule has 0 radical (unpaired) electrons. The third-order valence-corrected chi connectivity index (χ3v) is 4.54. The van der Waals surface area contributed by atoms with Crippen LogP contribution in [0.5, 0.6) is 0 Å². The molecule has 138 valence electrons. The molecule has 5 nitrogen and oxygen atoms in total. The van der Waals surface area contributed by atoms with Crippen LogP contribution in [0.3, 0.4) is 0 Å². The molecule has 1 N–H and O–H groups in total. The van der Waals surface area contributed by atoms with Crippen molar-refractivity contribution >= 4 is 23.2 Å². The summed E-state index contributed by atoms with van der Waals surface area (Å²) < 4.78 is 1.68. The minimum atomic E-state index is -0.420. The van der Waals surface area contributed by atoms with Crippen molar-refractivity contribution in [3.8, 4) is 17.1 Å². The van der Waals surface area contributed by atoms with Crippen LogP contribution in [0.25, 0.3) is 17.1 Å². The number of benzene rings is 3. The number of hydrogen-bond acceptors (Lipinski definition) is 3. The first-order valence-corrected chi connectivity index (χ1v) is 9.15. The summed E-state index contributed by atoms with van der Waals surface area (Å²) in [6.07, 6.45) is 0. The Labute approximate surface area is 167 Å².